The molecule has 92 valence electrons. The summed E-state index contributed by atoms with van der Waals surface area (Å²) < 4.78 is 0. The number of aliphatic hydroxyl groups excluding tert-OH is 2. The molecule has 0 bridgehead atoms. The van der Waals surface area contributed by atoms with E-state index in [1.54, 1.807) is 12.1 Å². The summed E-state index contributed by atoms with van der Waals surface area (Å²) in [5.74, 6) is 0.139. The molecule has 4 heteroatoms. The lowest BCUT2D eigenvalue weighted by molar-refractivity contribution is 0.0526. The predicted octanol–water partition coefficient (Wildman–Crippen LogP) is 1.61. The molecule has 0 heterocycles. The second kappa shape index (κ2) is 4.74. The molecule has 2 unspecified atom stereocenters. The summed E-state index contributed by atoms with van der Waals surface area (Å²) in [6, 6.07) is 6.15. The lowest BCUT2D eigenvalue weighted by atomic mass is 9.84. The normalized spacial score (nSPS) is 15.1. The Hall–Kier alpha value is -1.57. The third-order valence-electron chi connectivity index (χ3n) is 2.60. The second-order valence-corrected chi connectivity index (χ2v) is 5.05. The van der Waals surface area contributed by atoms with E-state index in [1.807, 2.05) is 20.8 Å². The Bertz CT molecular complexity index is 443. The van der Waals surface area contributed by atoms with Crippen molar-refractivity contribution in [2.24, 2.45) is 0 Å². The number of hydrogen-bond acceptors (Lipinski definition) is 4. The first-order chi connectivity index (χ1) is 7.77. The van der Waals surface area contributed by atoms with Crippen LogP contribution in [-0.4, -0.2) is 21.4 Å². The van der Waals surface area contributed by atoms with Crippen molar-refractivity contribution < 1.29 is 15.3 Å². The summed E-state index contributed by atoms with van der Waals surface area (Å²) in [5, 5.41) is 37.3. The van der Waals surface area contributed by atoms with Gasteiger partial charge in [0, 0.05) is 0 Å². The van der Waals surface area contributed by atoms with E-state index >= 15 is 0 Å². The summed E-state index contributed by atoms with van der Waals surface area (Å²) in [4.78, 5) is 0. The maximum Gasteiger partial charge on any atom is 0.170 e. The fraction of sp³-hybridized carbons (Fsp3) is 0.462. The van der Waals surface area contributed by atoms with E-state index in [-0.39, 0.29) is 11.2 Å². The van der Waals surface area contributed by atoms with E-state index in [1.165, 1.54) is 12.1 Å². The van der Waals surface area contributed by atoms with Crippen LogP contribution < -0.4 is 0 Å². The predicted molar refractivity (Wildman–Crippen MR) is 63.4 cm³/mol. The van der Waals surface area contributed by atoms with E-state index in [2.05, 4.69) is 0 Å². The molecular weight excluding hydrogens is 218 g/mol. The fourth-order valence-electron chi connectivity index (χ4n) is 1.59. The molecule has 0 aromatic heterocycles. The van der Waals surface area contributed by atoms with Gasteiger partial charge in [0.15, 0.2) is 6.10 Å². The van der Waals surface area contributed by atoms with Gasteiger partial charge in [-0.3, -0.25) is 0 Å². The number of phenols is 1. The molecule has 0 aliphatic rings. The molecule has 0 fully saturated rings. The molecule has 1 aromatic rings. The zero-order chi connectivity index (χ0) is 13.2. The van der Waals surface area contributed by atoms with E-state index in [0.29, 0.717) is 11.1 Å². The quantitative estimate of drug-likeness (QED) is 0.680. The first-order valence-electron chi connectivity index (χ1n) is 5.36. The number of nitrogens with zero attached hydrogens (tertiary/aromatic N) is 1. The SMILES string of the molecule is CC(C)(C)c1cc(C(O)C(O)C#N)ccc1O. The minimum atomic E-state index is -1.47. The van der Waals surface area contributed by atoms with Crippen LogP contribution in [0.3, 0.4) is 0 Å². The molecule has 1 rings (SSSR count). The Balaban J connectivity index is 3.18. The zero-order valence-electron chi connectivity index (χ0n) is 10.2. The molecule has 1 aromatic carbocycles. The van der Waals surface area contributed by atoms with Crippen LogP contribution in [0.1, 0.15) is 38.0 Å². The second-order valence-electron chi connectivity index (χ2n) is 5.05. The van der Waals surface area contributed by atoms with Crippen LogP contribution in [-0.2, 0) is 5.41 Å². The van der Waals surface area contributed by atoms with Crippen LogP contribution in [0.25, 0.3) is 0 Å². The molecular formula is C13H17NO3. The van der Waals surface area contributed by atoms with Crippen LogP contribution in [0.2, 0.25) is 0 Å². The standard InChI is InChI=1S/C13H17NO3/c1-13(2,3)9-6-8(4-5-10(9)15)12(17)11(16)7-14/h4-6,11-12,15-17H,1-3H3. The molecule has 0 aliphatic heterocycles. The van der Waals surface area contributed by atoms with Gasteiger partial charge in [-0.05, 0) is 28.7 Å². The van der Waals surface area contributed by atoms with Gasteiger partial charge in [0.25, 0.3) is 0 Å². The van der Waals surface area contributed by atoms with Gasteiger partial charge in [0.2, 0.25) is 0 Å². The van der Waals surface area contributed by atoms with Crippen molar-refractivity contribution in [3.05, 3.63) is 29.3 Å². The van der Waals surface area contributed by atoms with Gasteiger partial charge in [-0.25, -0.2) is 0 Å². The number of hydrogen-bond donors (Lipinski definition) is 3. The third-order valence-corrected chi connectivity index (χ3v) is 2.60. The highest BCUT2D eigenvalue weighted by Gasteiger charge is 2.23. The van der Waals surface area contributed by atoms with Gasteiger partial charge in [-0.15, -0.1) is 0 Å². The van der Waals surface area contributed by atoms with Crippen LogP contribution in [0.5, 0.6) is 5.75 Å². The molecule has 17 heavy (non-hydrogen) atoms. The number of aromatic hydroxyl groups is 1. The average molecular weight is 235 g/mol. The number of benzene rings is 1. The number of nitriles is 1. The van der Waals surface area contributed by atoms with Crippen molar-refractivity contribution >= 4 is 0 Å². The van der Waals surface area contributed by atoms with Crippen LogP contribution in [0.4, 0.5) is 0 Å². The first-order valence-corrected chi connectivity index (χ1v) is 5.36. The van der Waals surface area contributed by atoms with Gasteiger partial charge in [0.1, 0.15) is 11.9 Å². The monoisotopic (exact) mass is 235 g/mol. The van der Waals surface area contributed by atoms with E-state index in [9.17, 15) is 15.3 Å². The summed E-state index contributed by atoms with van der Waals surface area (Å²) in [6.07, 6.45) is -2.73. The smallest absolute Gasteiger partial charge is 0.170 e. The molecule has 2 atom stereocenters. The van der Waals surface area contributed by atoms with E-state index in [0.717, 1.165) is 0 Å². The highest BCUT2D eigenvalue weighted by molar-refractivity contribution is 5.41. The largest absolute Gasteiger partial charge is 0.508 e. The zero-order valence-corrected chi connectivity index (χ0v) is 10.2. The Morgan fingerprint density at radius 1 is 1.24 bits per heavy atom. The van der Waals surface area contributed by atoms with E-state index in [4.69, 9.17) is 5.26 Å². The Morgan fingerprint density at radius 3 is 2.29 bits per heavy atom. The summed E-state index contributed by atoms with van der Waals surface area (Å²) in [5.41, 5.74) is 0.804. The van der Waals surface area contributed by atoms with Gasteiger partial charge in [-0.1, -0.05) is 26.8 Å². The lowest BCUT2D eigenvalue weighted by Crippen LogP contribution is -2.17. The summed E-state index contributed by atoms with van der Waals surface area (Å²) >= 11 is 0. The fourth-order valence-corrected chi connectivity index (χ4v) is 1.59. The average Bonchev–Trinajstić information content (AvgIpc) is 2.26. The van der Waals surface area contributed by atoms with Crippen molar-refractivity contribution in [1.29, 1.82) is 5.26 Å². The maximum absolute atomic E-state index is 9.74. The highest BCUT2D eigenvalue weighted by Crippen LogP contribution is 2.33. The number of phenolic OH excluding ortho intramolecular Hbond substituents is 1. The molecule has 0 radical (unpaired) electrons. The molecule has 0 saturated carbocycles. The minimum absolute atomic E-state index is 0.139. The minimum Gasteiger partial charge on any atom is -0.508 e. The van der Waals surface area contributed by atoms with Gasteiger partial charge >= 0.3 is 0 Å². The van der Waals surface area contributed by atoms with Gasteiger partial charge in [-0.2, -0.15) is 5.26 Å². The maximum atomic E-state index is 9.74. The molecule has 0 saturated heterocycles. The molecule has 0 spiro atoms. The Labute approximate surface area is 101 Å². The summed E-state index contributed by atoms with van der Waals surface area (Å²) in [6.45, 7) is 5.79. The van der Waals surface area contributed by atoms with Crippen LogP contribution in [0, 0.1) is 11.3 Å². The van der Waals surface area contributed by atoms with E-state index < -0.39 is 12.2 Å². The van der Waals surface area contributed by atoms with Crippen molar-refractivity contribution in [3.8, 4) is 11.8 Å². The Kier molecular flexibility index (Phi) is 3.76. The molecule has 3 N–H and O–H groups in total. The molecule has 0 aliphatic carbocycles. The van der Waals surface area contributed by atoms with Crippen molar-refractivity contribution in [2.45, 2.75) is 38.4 Å². The topological polar surface area (TPSA) is 84.5 Å². The third kappa shape index (κ3) is 2.96. The number of rotatable bonds is 2. The summed E-state index contributed by atoms with van der Waals surface area (Å²) in [7, 11) is 0. The highest BCUT2D eigenvalue weighted by atomic mass is 16.3. The van der Waals surface area contributed by atoms with Crippen molar-refractivity contribution in [3.63, 3.8) is 0 Å². The van der Waals surface area contributed by atoms with Crippen molar-refractivity contribution in [1.82, 2.24) is 0 Å². The first kappa shape index (κ1) is 13.5. The van der Waals surface area contributed by atoms with Crippen molar-refractivity contribution in [2.75, 3.05) is 0 Å². The Morgan fingerprint density at radius 2 is 1.82 bits per heavy atom. The number of aliphatic hydroxyl groups is 2. The van der Waals surface area contributed by atoms with Crippen LogP contribution in [0.15, 0.2) is 18.2 Å². The molecule has 4 nitrogen and oxygen atoms in total. The molecule has 0 amide bonds. The van der Waals surface area contributed by atoms with Gasteiger partial charge in [0.05, 0.1) is 6.07 Å². The lowest BCUT2D eigenvalue weighted by Gasteiger charge is -2.22. The van der Waals surface area contributed by atoms with Gasteiger partial charge < -0.3 is 15.3 Å². The van der Waals surface area contributed by atoms with Crippen LogP contribution >= 0.6 is 0 Å².